The normalized spacial score (nSPS) is 12.2. The zero-order valence-corrected chi connectivity index (χ0v) is 21.7. The lowest BCUT2D eigenvalue weighted by atomic mass is 10.1. The number of hydrogen-bond acceptors (Lipinski definition) is 7. The van der Waals surface area contributed by atoms with E-state index in [4.69, 9.17) is 9.47 Å². The van der Waals surface area contributed by atoms with Gasteiger partial charge in [-0.05, 0) is 72.8 Å². The first kappa shape index (κ1) is 25.7. The SMILES string of the molecule is O=C(COC(=O)c1ccccc1N1C(=O)c2ccccc2C1=O)c1ccc(OC(=O)c2ccc(Br)cc2)cc1. The molecule has 0 unspecified atom stereocenters. The third kappa shape index (κ3) is 5.25. The fraction of sp³-hybridized carbons (Fsp3) is 0.0333. The predicted octanol–water partition coefficient (Wildman–Crippen LogP) is 5.51. The summed E-state index contributed by atoms with van der Waals surface area (Å²) in [6.45, 7) is -0.576. The molecule has 5 rings (SSSR count). The number of hydrogen-bond donors (Lipinski definition) is 0. The molecule has 1 aliphatic heterocycles. The molecule has 0 fully saturated rings. The van der Waals surface area contributed by atoms with Crippen LogP contribution in [-0.2, 0) is 4.74 Å². The number of carbonyl (C=O) groups is 5. The standard InChI is InChI=1S/C30H18BrNO7/c31-20-13-9-19(10-14-20)29(36)39-21-15-11-18(12-16-21)26(33)17-38-30(37)24-7-3-4-8-25(24)32-27(34)22-5-1-2-6-23(22)28(32)35/h1-16H,17H2. The van der Waals surface area contributed by atoms with E-state index < -0.39 is 36.1 Å². The largest absolute Gasteiger partial charge is 0.454 e. The van der Waals surface area contributed by atoms with Gasteiger partial charge in [0.25, 0.3) is 11.8 Å². The Hall–Kier alpha value is -4.89. The molecule has 4 aromatic carbocycles. The van der Waals surface area contributed by atoms with Crippen LogP contribution in [0.15, 0.2) is 102 Å². The minimum absolute atomic E-state index is 0.0324. The van der Waals surface area contributed by atoms with Crippen LogP contribution in [0.3, 0.4) is 0 Å². The number of anilines is 1. The number of imide groups is 1. The average Bonchev–Trinajstić information content (AvgIpc) is 3.21. The Morgan fingerprint density at radius 3 is 1.87 bits per heavy atom. The Morgan fingerprint density at radius 2 is 1.23 bits per heavy atom. The van der Waals surface area contributed by atoms with Crippen LogP contribution in [0.2, 0.25) is 0 Å². The maximum absolute atomic E-state index is 12.9. The maximum atomic E-state index is 12.9. The summed E-state index contributed by atoms with van der Waals surface area (Å²) in [5.74, 6) is -2.76. The first-order chi connectivity index (χ1) is 18.8. The molecule has 2 amide bonds. The number of rotatable bonds is 7. The summed E-state index contributed by atoms with van der Waals surface area (Å²) in [5, 5.41) is 0. The molecule has 4 aromatic rings. The molecule has 8 nitrogen and oxygen atoms in total. The number of ether oxygens (including phenoxy) is 2. The predicted molar refractivity (Wildman–Crippen MR) is 144 cm³/mol. The van der Waals surface area contributed by atoms with Crippen molar-refractivity contribution in [1.29, 1.82) is 0 Å². The van der Waals surface area contributed by atoms with E-state index in [0.29, 0.717) is 5.56 Å². The van der Waals surface area contributed by atoms with E-state index in [9.17, 15) is 24.0 Å². The van der Waals surface area contributed by atoms with Crippen LogP contribution in [0.1, 0.15) is 51.8 Å². The van der Waals surface area contributed by atoms with Gasteiger partial charge in [0.15, 0.2) is 12.4 Å². The molecule has 0 saturated heterocycles. The van der Waals surface area contributed by atoms with Crippen LogP contribution in [0.4, 0.5) is 5.69 Å². The smallest absolute Gasteiger partial charge is 0.343 e. The number of halogens is 1. The van der Waals surface area contributed by atoms with Gasteiger partial charge in [0.1, 0.15) is 5.75 Å². The molecule has 0 atom stereocenters. The Kier molecular flexibility index (Phi) is 7.16. The van der Waals surface area contributed by atoms with Crippen LogP contribution in [0.25, 0.3) is 0 Å². The number of Topliss-reactive ketones (excluding diaryl/α,β-unsaturated/α-hetero) is 1. The molecule has 9 heteroatoms. The van der Waals surface area contributed by atoms with Crippen molar-refractivity contribution in [1.82, 2.24) is 0 Å². The maximum Gasteiger partial charge on any atom is 0.343 e. The van der Waals surface area contributed by atoms with Crippen molar-refractivity contribution < 1.29 is 33.4 Å². The Morgan fingerprint density at radius 1 is 0.667 bits per heavy atom. The average molecular weight is 584 g/mol. The summed E-state index contributed by atoms with van der Waals surface area (Å²) in [6.07, 6.45) is 0. The van der Waals surface area contributed by atoms with Crippen LogP contribution in [0.5, 0.6) is 5.75 Å². The number of para-hydroxylation sites is 1. The second kappa shape index (κ2) is 10.8. The van der Waals surface area contributed by atoms with Crippen molar-refractivity contribution in [3.8, 4) is 5.75 Å². The molecule has 0 bridgehead atoms. The molecule has 0 spiro atoms. The van der Waals surface area contributed by atoms with Crippen LogP contribution >= 0.6 is 15.9 Å². The lowest BCUT2D eigenvalue weighted by molar-refractivity contribution is 0.0475. The van der Waals surface area contributed by atoms with E-state index >= 15 is 0 Å². The summed E-state index contributed by atoms with van der Waals surface area (Å²) in [4.78, 5) is 64.5. The van der Waals surface area contributed by atoms with Gasteiger partial charge < -0.3 is 9.47 Å². The molecule has 0 N–H and O–H groups in total. The molecular weight excluding hydrogens is 566 g/mol. The molecule has 0 saturated carbocycles. The first-order valence-electron chi connectivity index (χ1n) is 11.7. The third-order valence-corrected chi connectivity index (χ3v) is 6.49. The summed E-state index contributed by atoms with van der Waals surface area (Å²) in [6, 6.07) is 24.9. The van der Waals surface area contributed by atoms with Gasteiger partial charge in [0.2, 0.25) is 0 Å². The molecular formula is C30H18BrNO7. The summed E-state index contributed by atoms with van der Waals surface area (Å²) in [7, 11) is 0. The monoisotopic (exact) mass is 583 g/mol. The highest BCUT2D eigenvalue weighted by molar-refractivity contribution is 9.10. The molecule has 39 heavy (non-hydrogen) atoms. The number of ketones is 1. The van der Waals surface area contributed by atoms with Crippen molar-refractivity contribution in [2.75, 3.05) is 11.5 Å². The molecule has 0 aliphatic carbocycles. The Labute approximate surface area is 230 Å². The quantitative estimate of drug-likeness (QED) is 0.122. The Balaban J connectivity index is 1.24. The van der Waals surface area contributed by atoms with Crippen LogP contribution in [-0.4, -0.2) is 36.1 Å². The topological polar surface area (TPSA) is 107 Å². The molecule has 0 radical (unpaired) electrons. The zero-order chi connectivity index (χ0) is 27.5. The fourth-order valence-electron chi connectivity index (χ4n) is 4.00. The van der Waals surface area contributed by atoms with E-state index in [1.807, 2.05) is 0 Å². The van der Waals surface area contributed by atoms with Gasteiger partial charge in [-0.25, -0.2) is 14.5 Å². The van der Waals surface area contributed by atoms with Gasteiger partial charge in [-0.15, -0.1) is 0 Å². The summed E-state index contributed by atoms with van der Waals surface area (Å²) >= 11 is 3.30. The highest BCUT2D eigenvalue weighted by atomic mass is 79.9. The minimum Gasteiger partial charge on any atom is -0.454 e. The summed E-state index contributed by atoms with van der Waals surface area (Å²) < 4.78 is 11.4. The van der Waals surface area contributed by atoms with E-state index in [1.54, 1.807) is 60.7 Å². The number of carbonyl (C=O) groups excluding carboxylic acids is 5. The van der Waals surface area contributed by atoms with E-state index in [-0.39, 0.29) is 33.7 Å². The zero-order valence-electron chi connectivity index (χ0n) is 20.1. The van der Waals surface area contributed by atoms with Crippen molar-refractivity contribution in [3.05, 3.63) is 129 Å². The van der Waals surface area contributed by atoms with E-state index in [1.165, 1.54) is 36.4 Å². The molecule has 1 heterocycles. The van der Waals surface area contributed by atoms with Crippen molar-refractivity contribution in [2.24, 2.45) is 0 Å². The summed E-state index contributed by atoms with van der Waals surface area (Å²) in [5.41, 5.74) is 1.12. The number of fused-ring (bicyclic) bond motifs is 1. The van der Waals surface area contributed by atoms with Gasteiger partial charge in [-0.2, -0.15) is 0 Å². The van der Waals surface area contributed by atoms with Gasteiger partial charge >= 0.3 is 11.9 Å². The number of nitrogens with zero attached hydrogens (tertiary/aromatic N) is 1. The van der Waals surface area contributed by atoms with Gasteiger partial charge in [0, 0.05) is 10.0 Å². The molecule has 192 valence electrons. The third-order valence-electron chi connectivity index (χ3n) is 5.96. The van der Waals surface area contributed by atoms with E-state index in [2.05, 4.69) is 15.9 Å². The number of amides is 2. The lowest BCUT2D eigenvalue weighted by Gasteiger charge is -2.17. The minimum atomic E-state index is -0.865. The van der Waals surface area contributed by atoms with Gasteiger partial charge in [-0.1, -0.05) is 40.2 Å². The van der Waals surface area contributed by atoms with Crippen LogP contribution < -0.4 is 9.64 Å². The van der Waals surface area contributed by atoms with Crippen LogP contribution in [0, 0.1) is 0 Å². The van der Waals surface area contributed by atoms with Gasteiger partial charge in [0.05, 0.1) is 27.9 Å². The fourth-order valence-corrected chi connectivity index (χ4v) is 4.27. The second-order valence-corrected chi connectivity index (χ2v) is 9.34. The van der Waals surface area contributed by atoms with Gasteiger partial charge in [-0.3, -0.25) is 14.4 Å². The van der Waals surface area contributed by atoms with E-state index in [0.717, 1.165) is 9.37 Å². The van der Waals surface area contributed by atoms with Crippen molar-refractivity contribution in [3.63, 3.8) is 0 Å². The molecule has 0 aromatic heterocycles. The van der Waals surface area contributed by atoms with Crippen molar-refractivity contribution in [2.45, 2.75) is 0 Å². The Bertz CT molecular complexity index is 1590. The number of benzene rings is 4. The first-order valence-corrected chi connectivity index (χ1v) is 12.5. The van der Waals surface area contributed by atoms with Crippen molar-refractivity contribution >= 4 is 51.2 Å². The second-order valence-electron chi connectivity index (χ2n) is 8.43. The number of esters is 2. The molecule has 1 aliphatic rings. The highest BCUT2D eigenvalue weighted by Gasteiger charge is 2.38. The lowest BCUT2D eigenvalue weighted by Crippen LogP contribution is -2.31. The highest BCUT2D eigenvalue weighted by Crippen LogP contribution is 2.31.